The number of nitrogens with zero attached hydrogens (tertiary/aromatic N) is 2. The second kappa shape index (κ2) is 8.00. The van der Waals surface area contributed by atoms with Gasteiger partial charge >= 0.3 is 0 Å². The van der Waals surface area contributed by atoms with Crippen LogP contribution in [0.1, 0.15) is 19.1 Å². The molecule has 5 nitrogen and oxygen atoms in total. The van der Waals surface area contributed by atoms with Gasteiger partial charge in [-0.05, 0) is 37.6 Å². The van der Waals surface area contributed by atoms with Crippen molar-refractivity contribution in [1.82, 2.24) is 10.6 Å². The summed E-state index contributed by atoms with van der Waals surface area (Å²) in [6.45, 7) is 4.25. The summed E-state index contributed by atoms with van der Waals surface area (Å²) in [6.07, 6.45) is 2.39. The van der Waals surface area contributed by atoms with Gasteiger partial charge in [0.2, 0.25) is 0 Å². The molecule has 0 amide bonds. The summed E-state index contributed by atoms with van der Waals surface area (Å²) in [6, 6.07) is 7.70. The maximum Gasteiger partial charge on any atom is 0.191 e. The number of guanidine groups is 1. The number of halogens is 2. The second-order valence-electron chi connectivity index (χ2n) is 5.92. The number of furan rings is 1. The van der Waals surface area contributed by atoms with Crippen LogP contribution in [0.25, 0.3) is 0 Å². The van der Waals surface area contributed by atoms with Gasteiger partial charge in [-0.1, -0.05) is 6.07 Å². The van der Waals surface area contributed by atoms with Gasteiger partial charge in [-0.25, -0.2) is 13.8 Å². The summed E-state index contributed by atoms with van der Waals surface area (Å²) < 4.78 is 33.2. The van der Waals surface area contributed by atoms with Gasteiger partial charge in [-0.2, -0.15) is 0 Å². The van der Waals surface area contributed by atoms with E-state index in [1.807, 2.05) is 19.1 Å². The molecule has 2 N–H and O–H groups in total. The summed E-state index contributed by atoms with van der Waals surface area (Å²) in [4.78, 5) is 6.22. The third kappa shape index (κ3) is 4.29. The minimum Gasteiger partial charge on any atom is -0.467 e. The van der Waals surface area contributed by atoms with Crippen LogP contribution < -0.4 is 15.5 Å². The molecule has 25 heavy (non-hydrogen) atoms. The first kappa shape index (κ1) is 17.3. The number of aliphatic imine (C=N–C) groups is 1. The molecule has 1 aliphatic heterocycles. The fourth-order valence-electron chi connectivity index (χ4n) is 2.95. The molecular weight excluding hydrogens is 326 g/mol. The molecule has 0 aliphatic carbocycles. The first-order valence-corrected chi connectivity index (χ1v) is 8.43. The highest BCUT2D eigenvalue weighted by atomic mass is 19.1. The molecule has 2 aromatic rings. The number of rotatable bonds is 5. The molecule has 1 saturated heterocycles. The molecule has 0 bridgehead atoms. The lowest BCUT2D eigenvalue weighted by atomic mass is 10.2. The van der Waals surface area contributed by atoms with Crippen molar-refractivity contribution in [3.63, 3.8) is 0 Å². The minimum atomic E-state index is -0.529. The zero-order valence-corrected chi connectivity index (χ0v) is 14.1. The Morgan fingerprint density at radius 1 is 1.28 bits per heavy atom. The number of para-hydroxylation sites is 1. The lowest BCUT2D eigenvalue weighted by Crippen LogP contribution is -2.44. The lowest BCUT2D eigenvalue weighted by molar-refractivity contribution is 0.511. The van der Waals surface area contributed by atoms with Crippen LogP contribution in [0, 0.1) is 11.6 Å². The predicted octanol–water partition coefficient (Wildman–Crippen LogP) is 2.89. The Balaban J connectivity index is 1.63. The molecular formula is C18H22F2N4O. The first-order chi connectivity index (χ1) is 12.2. The maximum atomic E-state index is 13.9. The zero-order valence-electron chi connectivity index (χ0n) is 14.1. The van der Waals surface area contributed by atoms with Crippen molar-refractivity contribution in [1.29, 1.82) is 0 Å². The summed E-state index contributed by atoms with van der Waals surface area (Å²) in [7, 11) is 0. The maximum absolute atomic E-state index is 13.9. The monoisotopic (exact) mass is 348 g/mol. The van der Waals surface area contributed by atoms with Gasteiger partial charge in [0, 0.05) is 25.7 Å². The SMILES string of the molecule is CCNC(=NCc1ccco1)NC1CCN(c2c(F)cccc2F)C1. The number of hydrogen-bond donors (Lipinski definition) is 2. The standard InChI is InChI=1S/C18H22F2N4O/c1-2-21-18(22-11-14-5-4-10-25-14)23-13-8-9-24(12-13)17-15(19)6-3-7-16(17)20/h3-7,10,13H,2,8-9,11-12H2,1H3,(H2,21,22,23). The molecule has 1 fully saturated rings. The number of anilines is 1. The predicted molar refractivity (Wildman–Crippen MR) is 93.6 cm³/mol. The smallest absolute Gasteiger partial charge is 0.191 e. The Labute approximate surface area is 145 Å². The number of hydrogen-bond acceptors (Lipinski definition) is 3. The summed E-state index contributed by atoms with van der Waals surface area (Å²) in [5.74, 6) is 0.386. The molecule has 7 heteroatoms. The van der Waals surface area contributed by atoms with E-state index in [4.69, 9.17) is 4.42 Å². The Kier molecular flexibility index (Phi) is 5.53. The van der Waals surface area contributed by atoms with Crippen LogP contribution in [0.2, 0.25) is 0 Å². The van der Waals surface area contributed by atoms with Gasteiger partial charge in [0.15, 0.2) is 5.96 Å². The van der Waals surface area contributed by atoms with Crippen molar-refractivity contribution in [3.8, 4) is 0 Å². The largest absolute Gasteiger partial charge is 0.467 e. The van der Waals surface area contributed by atoms with Crippen molar-refractivity contribution >= 4 is 11.6 Å². The molecule has 1 unspecified atom stereocenters. The van der Waals surface area contributed by atoms with Crippen LogP contribution in [0.15, 0.2) is 46.0 Å². The molecule has 0 radical (unpaired) electrons. The third-order valence-electron chi connectivity index (χ3n) is 4.10. The third-order valence-corrected chi connectivity index (χ3v) is 4.10. The highest BCUT2D eigenvalue weighted by molar-refractivity contribution is 5.80. The molecule has 3 rings (SSSR count). The van der Waals surface area contributed by atoms with E-state index in [2.05, 4.69) is 15.6 Å². The summed E-state index contributed by atoms with van der Waals surface area (Å²) >= 11 is 0. The van der Waals surface area contributed by atoms with Crippen LogP contribution in [0.4, 0.5) is 14.5 Å². The van der Waals surface area contributed by atoms with E-state index in [0.717, 1.165) is 18.7 Å². The average Bonchev–Trinajstić information content (AvgIpc) is 3.25. The van der Waals surface area contributed by atoms with Crippen molar-refractivity contribution in [2.45, 2.75) is 25.9 Å². The fourth-order valence-corrected chi connectivity index (χ4v) is 2.95. The van der Waals surface area contributed by atoms with Crippen molar-refractivity contribution in [2.24, 2.45) is 4.99 Å². The Bertz CT molecular complexity index is 698. The molecule has 0 saturated carbocycles. The molecule has 1 aromatic carbocycles. The van der Waals surface area contributed by atoms with E-state index in [9.17, 15) is 8.78 Å². The molecule has 2 heterocycles. The van der Waals surface area contributed by atoms with Gasteiger partial charge < -0.3 is 20.0 Å². The van der Waals surface area contributed by atoms with E-state index in [0.29, 0.717) is 25.6 Å². The van der Waals surface area contributed by atoms with Crippen molar-refractivity contribution in [3.05, 3.63) is 54.0 Å². The Morgan fingerprint density at radius 2 is 2.08 bits per heavy atom. The van der Waals surface area contributed by atoms with E-state index in [1.54, 1.807) is 11.2 Å². The molecule has 1 aromatic heterocycles. The number of benzene rings is 1. The van der Waals surface area contributed by atoms with Gasteiger partial charge in [0.05, 0.1) is 6.26 Å². The van der Waals surface area contributed by atoms with Crippen molar-refractivity contribution in [2.75, 3.05) is 24.5 Å². The quantitative estimate of drug-likeness (QED) is 0.644. The van der Waals surface area contributed by atoms with Gasteiger partial charge in [-0.3, -0.25) is 0 Å². The van der Waals surface area contributed by atoms with Crippen LogP contribution in [-0.4, -0.2) is 31.6 Å². The molecule has 134 valence electrons. The second-order valence-corrected chi connectivity index (χ2v) is 5.92. The van der Waals surface area contributed by atoms with E-state index in [-0.39, 0.29) is 11.7 Å². The van der Waals surface area contributed by atoms with Crippen molar-refractivity contribution < 1.29 is 13.2 Å². The molecule has 0 spiro atoms. The van der Waals surface area contributed by atoms with Gasteiger partial charge in [0.25, 0.3) is 0 Å². The highest BCUT2D eigenvalue weighted by Crippen LogP contribution is 2.26. The van der Waals surface area contributed by atoms with E-state index >= 15 is 0 Å². The molecule has 1 atom stereocenters. The summed E-state index contributed by atoms with van der Waals surface area (Å²) in [5, 5.41) is 6.51. The van der Waals surface area contributed by atoms with E-state index < -0.39 is 11.6 Å². The van der Waals surface area contributed by atoms with Crippen LogP contribution in [-0.2, 0) is 6.54 Å². The Hall–Kier alpha value is -2.57. The normalized spacial score (nSPS) is 17.8. The first-order valence-electron chi connectivity index (χ1n) is 8.43. The van der Waals surface area contributed by atoms with Gasteiger partial charge in [-0.15, -0.1) is 0 Å². The van der Waals surface area contributed by atoms with Gasteiger partial charge in [0.1, 0.15) is 29.6 Å². The lowest BCUT2D eigenvalue weighted by Gasteiger charge is -2.21. The van der Waals surface area contributed by atoms with Crippen LogP contribution in [0.5, 0.6) is 0 Å². The number of nitrogens with one attached hydrogen (secondary N) is 2. The van der Waals surface area contributed by atoms with Crippen LogP contribution in [0.3, 0.4) is 0 Å². The minimum absolute atomic E-state index is 0.0457. The summed E-state index contributed by atoms with van der Waals surface area (Å²) in [5.41, 5.74) is 0.0457. The zero-order chi connectivity index (χ0) is 17.6. The fraction of sp³-hybridized carbons (Fsp3) is 0.389. The highest BCUT2D eigenvalue weighted by Gasteiger charge is 2.27. The van der Waals surface area contributed by atoms with Crippen LogP contribution >= 0.6 is 0 Å². The Morgan fingerprint density at radius 3 is 2.76 bits per heavy atom. The topological polar surface area (TPSA) is 52.8 Å². The molecule has 1 aliphatic rings. The van der Waals surface area contributed by atoms with E-state index in [1.165, 1.54) is 18.2 Å². The average molecular weight is 348 g/mol.